The molecular formula is C19H26FN7O2S. The van der Waals surface area contributed by atoms with Crippen LogP contribution in [-0.2, 0) is 10.0 Å². The minimum Gasteiger partial charge on any atom is -0.351 e. The summed E-state index contributed by atoms with van der Waals surface area (Å²) >= 11 is 0. The lowest BCUT2D eigenvalue weighted by Gasteiger charge is -2.40. The van der Waals surface area contributed by atoms with Gasteiger partial charge in [-0.05, 0) is 44.4 Å². The Balaban J connectivity index is 1.61. The number of nitrogens with zero attached hydrogens (tertiary/aromatic N) is 3. The summed E-state index contributed by atoms with van der Waals surface area (Å²) in [6.07, 6.45) is 4.28. The van der Waals surface area contributed by atoms with Crippen LogP contribution in [0.5, 0.6) is 0 Å². The molecule has 1 aliphatic carbocycles. The van der Waals surface area contributed by atoms with Crippen molar-refractivity contribution in [2.75, 3.05) is 23.3 Å². The van der Waals surface area contributed by atoms with E-state index in [9.17, 15) is 12.8 Å². The SMILES string of the molecule is CCN(c1nc(Nc2cccc(S(N)(=O)=O)c2)ncc1F)C1CCCC2NNCC21. The number of benzene rings is 1. The van der Waals surface area contributed by atoms with Crippen LogP contribution in [0, 0.1) is 11.7 Å². The second kappa shape index (κ2) is 8.42. The molecule has 2 fully saturated rings. The summed E-state index contributed by atoms with van der Waals surface area (Å²) in [5, 5.41) is 8.14. The van der Waals surface area contributed by atoms with Crippen molar-refractivity contribution in [3.05, 3.63) is 36.3 Å². The molecule has 1 aliphatic heterocycles. The van der Waals surface area contributed by atoms with E-state index < -0.39 is 15.8 Å². The largest absolute Gasteiger partial charge is 0.351 e. The van der Waals surface area contributed by atoms with Crippen molar-refractivity contribution in [3.8, 4) is 0 Å². The molecule has 1 aromatic carbocycles. The van der Waals surface area contributed by atoms with Crippen LogP contribution in [0.2, 0.25) is 0 Å². The summed E-state index contributed by atoms with van der Waals surface area (Å²) in [6.45, 7) is 3.44. The Kier molecular flexibility index (Phi) is 5.87. The van der Waals surface area contributed by atoms with Crippen molar-refractivity contribution in [2.24, 2.45) is 11.1 Å². The first kappa shape index (κ1) is 20.9. The number of anilines is 3. The number of halogens is 1. The molecule has 11 heteroatoms. The first-order chi connectivity index (χ1) is 14.4. The number of hydrazine groups is 1. The third kappa shape index (κ3) is 4.24. The molecule has 1 saturated heterocycles. The Labute approximate surface area is 175 Å². The van der Waals surface area contributed by atoms with Gasteiger partial charge in [-0.25, -0.2) is 22.9 Å². The number of fused-ring (bicyclic) bond motifs is 1. The average Bonchev–Trinajstić information content (AvgIpc) is 3.20. The minimum atomic E-state index is -3.83. The highest BCUT2D eigenvalue weighted by Crippen LogP contribution is 2.34. The van der Waals surface area contributed by atoms with E-state index in [0.717, 1.165) is 32.0 Å². The van der Waals surface area contributed by atoms with Gasteiger partial charge in [0.15, 0.2) is 11.6 Å². The van der Waals surface area contributed by atoms with Crippen LogP contribution in [0.25, 0.3) is 0 Å². The molecule has 1 saturated carbocycles. The van der Waals surface area contributed by atoms with E-state index >= 15 is 0 Å². The van der Waals surface area contributed by atoms with Crippen molar-refractivity contribution < 1.29 is 12.8 Å². The van der Waals surface area contributed by atoms with Gasteiger partial charge in [-0.3, -0.25) is 10.9 Å². The molecule has 0 amide bonds. The first-order valence-electron chi connectivity index (χ1n) is 10.0. The highest BCUT2D eigenvalue weighted by atomic mass is 32.2. The van der Waals surface area contributed by atoms with Gasteiger partial charge in [0, 0.05) is 36.8 Å². The van der Waals surface area contributed by atoms with Gasteiger partial charge in [0.25, 0.3) is 0 Å². The number of rotatable bonds is 6. The van der Waals surface area contributed by atoms with Gasteiger partial charge in [0.1, 0.15) is 0 Å². The van der Waals surface area contributed by atoms with E-state index in [-0.39, 0.29) is 22.7 Å². The van der Waals surface area contributed by atoms with Gasteiger partial charge in [0.05, 0.1) is 11.1 Å². The standard InChI is InChI=1S/C19H26FN7O2S/c1-2-27(17-8-4-7-16-14(17)10-23-26-16)18-15(20)11-22-19(25-18)24-12-5-3-6-13(9-12)30(21,28)29/h3,5-6,9,11,14,16-17,23,26H,2,4,7-8,10H2,1H3,(H2,21,28,29)(H,22,24,25). The van der Waals surface area contributed by atoms with Gasteiger partial charge in [-0.15, -0.1) is 0 Å². The van der Waals surface area contributed by atoms with E-state index in [1.807, 2.05) is 11.8 Å². The van der Waals surface area contributed by atoms with Crippen molar-refractivity contribution in [1.29, 1.82) is 0 Å². The molecule has 4 rings (SSSR count). The zero-order valence-electron chi connectivity index (χ0n) is 16.7. The number of sulfonamides is 1. The van der Waals surface area contributed by atoms with Crippen LogP contribution in [0.15, 0.2) is 35.4 Å². The van der Waals surface area contributed by atoms with Gasteiger partial charge in [0.2, 0.25) is 16.0 Å². The zero-order chi connectivity index (χ0) is 21.3. The maximum absolute atomic E-state index is 14.7. The summed E-state index contributed by atoms with van der Waals surface area (Å²) < 4.78 is 37.9. The predicted molar refractivity (Wildman–Crippen MR) is 112 cm³/mol. The Morgan fingerprint density at radius 1 is 1.37 bits per heavy atom. The molecule has 3 unspecified atom stereocenters. The number of aromatic nitrogens is 2. The molecule has 5 N–H and O–H groups in total. The molecule has 0 spiro atoms. The highest BCUT2D eigenvalue weighted by molar-refractivity contribution is 7.89. The fourth-order valence-corrected chi connectivity index (χ4v) is 5.00. The fraction of sp³-hybridized carbons (Fsp3) is 0.474. The molecule has 2 aliphatic rings. The summed E-state index contributed by atoms with van der Waals surface area (Å²) in [6, 6.07) is 6.56. The number of primary sulfonamides is 1. The van der Waals surface area contributed by atoms with Crippen molar-refractivity contribution >= 4 is 27.5 Å². The van der Waals surface area contributed by atoms with Crippen LogP contribution in [0.1, 0.15) is 26.2 Å². The lowest BCUT2D eigenvalue weighted by Crippen LogP contribution is -2.49. The van der Waals surface area contributed by atoms with Crippen molar-refractivity contribution in [1.82, 2.24) is 20.8 Å². The average molecular weight is 436 g/mol. The lowest BCUT2D eigenvalue weighted by molar-refractivity contribution is 0.278. The van der Waals surface area contributed by atoms with Crippen LogP contribution < -0.4 is 26.2 Å². The number of hydrogen-bond acceptors (Lipinski definition) is 8. The fourth-order valence-electron chi connectivity index (χ4n) is 4.44. The molecule has 2 aromatic rings. The van der Waals surface area contributed by atoms with Gasteiger partial charge < -0.3 is 10.2 Å². The molecule has 9 nitrogen and oxygen atoms in total. The number of nitrogens with two attached hydrogens (primary N) is 1. The predicted octanol–water partition coefficient (Wildman–Crippen LogP) is 1.48. The highest BCUT2D eigenvalue weighted by Gasteiger charge is 2.40. The monoisotopic (exact) mass is 435 g/mol. The van der Waals surface area contributed by atoms with E-state index in [2.05, 4.69) is 26.1 Å². The zero-order valence-corrected chi connectivity index (χ0v) is 17.5. The maximum Gasteiger partial charge on any atom is 0.238 e. The lowest BCUT2D eigenvalue weighted by atomic mass is 9.81. The summed E-state index contributed by atoms with van der Waals surface area (Å²) in [5.74, 6) is 0.319. The second-order valence-corrected chi connectivity index (χ2v) is 9.20. The summed E-state index contributed by atoms with van der Waals surface area (Å²) in [5.41, 5.74) is 6.99. The molecular weight excluding hydrogens is 409 g/mol. The molecule has 2 heterocycles. The quantitative estimate of drug-likeness (QED) is 0.538. The second-order valence-electron chi connectivity index (χ2n) is 7.64. The van der Waals surface area contributed by atoms with E-state index in [4.69, 9.17) is 5.14 Å². The number of hydrogen-bond donors (Lipinski definition) is 4. The summed E-state index contributed by atoms with van der Waals surface area (Å²) in [4.78, 5) is 10.4. The third-order valence-electron chi connectivity index (χ3n) is 5.81. The Morgan fingerprint density at radius 3 is 2.97 bits per heavy atom. The smallest absolute Gasteiger partial charge is 0.238 e. The summed E-state index contributed by atoms with van der Waals surface area (Å²) in [7, 11) is -3.83. The van der Waals surface area contributed by atoms with Crippen LogP contribution in [-0.4, -0.2) is 43.6 Å². The Bertz CT molecular complexity index is 1020. The molecule has 0 bridgehead atoms. The van der Waals surface area contributed by atoms with Crippen LogP contribution in [0.3, 0.4) is 0 Å². The normalized spacial score (nSPS) is 23.8. The van der Waals surface area contributed by atoms with E-state index in [1.165, 1.54) is 12.1 Å². The Morgan fingerprint density at radius 2 is 2.20 bits per heavy atom. The van der Waals surface area contributed by atoms with Crippen molar-refractivity contribution in [2.45, 2.75) is 43.2 Å². The molecule has 3 atom stereocenters. The van der Waals surface area contributed by atoms with Crippen LogP contribution >= 0.6 is 0 Å². The molecule has 0 radical (unpaired) electrons. The molecule has 30 heavy (non-hydrogen) atoms. The van der Waals surface area contributed by atoms with E-state index in [0.29, 0.717) is 24.2 Å². The first-order valence-corrected chi connectivity index (χ1v) is 11.6. The van der Waals surface area contributed by atoms with Gasteiger partial charge in [-0.1, -0.05) is 6.07 Å². The number of nitrogens with one attached hydrogen (secondary N) is 3. The van der Waals surface area contributed by atoms with Crippen molar-refractivity contribution in [3.63, 3.8) is 0 Å². The van der Waals surface area contributed by atoms with Gasteiger partial charge >= 0.3 is 0 Å². The van der Waals surface area contributed by atoms with Crippen LogP contribution in [0.4, 0.5) is 21.8 Å². The van der Waals surface area contributed by atoms with Gasteiger partial charge in [-0.2, -0.15) is 4.98 Å². The third-order valence-corrected chi connectivity index (χ3v) is 6.72. The maximum atomic E-state index is 14.7. The van der Waals surface area contributed by atoms with E-state index in [1.54, 1.807) is 12.1 Å². The molecule has 1 aromatic heterocycles. The minimum absolute atomic E-state index is 0.0282. The molecule has 162 valence electrons. The topological polar surface area (TPSA) is 125 Å². The Hall–Kier alpha value is -2.34.